The molecule has 7 nitrogen and oxygen atoms in total. The molecule has 33 heavy (non-hydrogen) atoms. The van der Waals surface area contributed by atoms with Crippen molar-refractivity contribution in [2.75, 3.05) is 11.9 Å². The zero-order chi connectivity index (χ0) is 23.1. The highest BCUT2D eigenvalue weighted by Crippen LogP contribution is 2.45. The summed E-state index contributed by atoms with van der Waals surface area (Å²) < 4.78 is 11.0. The van der Waals surface area contributed by atoms with Crippen LogP contribution < -0.4 is 5.32 Å². The van der Waals surface area contributed by atoms with Crippen molar-refractivity contribution < 1.29 is 29.0 Å². The molecule has 3 heterocycles. The van der Waals surface area contributed by atoms with Gasteiger partial charge in [0.1, 0.15) is 10.6 Å². The van der Waals surface area contributed by atoms with Gasteiger partial charge in [-0.15, -0.1) is 11.3 Å². The molecule has 2 fully saturated rings. The summed E-state index contributed by atoms with van der Waals surface area (Å²) in [4.78, 5) is 38.0. The Morgan fingerprint density at radius 1 is 1.06 bits per heavy atom. The third-order valence-electron chi connectivity index (χ3n) is 6.45. The summed E-state index contributed by atoms with van der Waals surface area (Å²) in [6.45, 7) is 1.92. The average molecular weight is 466 g/mol. The van der Waals surface area contributed by atoms with Gasteiger partial charge in [-0.25, -0.2) is 4.79 Å². The number of nitrogens with one attached hydrogen (secondary N) is 1. The fourth-order valence-corrected chi connectivity index (χ4v) is 5.99. The molecule has 0 aliphatic carbocycles. The lowest BCUT2D eigenvalue weighted by Crippen LogP contribution is -2.41. The number of hydrogen-bond donors (Lipinski definition) is 2. The molecule has 2 aliphatic rings. The SMILES string of the molecule is CCOC(=O)c1c(-c2cccc3ccccc23)csc1NC(=O)[C@H]1[C@@H](C(=O)O)[C@@H]2CC[C@H]1O2. The Morgan fingerprint density at radius 2 is 1.79 bits per heavy atom. The van der Waals surface area contributed by atoms with E-state index >= 15 is 0 Å². The van der Waals surface area contributed by atoms with Crippen LogP contribution in [0.15, 0.2) is 47.8 Å². The number of fused-ring (bicyclic) bond motifs is 3. The summed E-state index contributed by atoms with van der Waals surface area (Å²) in [5.41, 5.74) is 1.81. The van der Waals surface area contributed by atoms with E-state index in [1.165, 1.54) is 11.3 Å². The number of hydrogen-bond acceptors (Lipinski definition) is 6. The molecule has 2 N–H and O–H groups in total. The van der Waals surface area contributed by atoms with E-state index in [9.17, 15) is 19.5 Å². The van der Waals surface area contributed by atoms with Crippen LogP contribution in [0.1, 0.15) is 30.1 Å². The molecule has 0 spiro atoms. The maximum atomic E-state index is 13.2. The molecule has 5 rings (SSSR count). The van der Waals surface area contributed by atoms with Crippen LogP contribution in [0.2, 0.25) is 0 Å². The first-order valence-electron chi connectivity index (χ1n) is 11.0. The van der Waals surface area contributed by atoms with Crippen molar-refractivity contribution in [3.63, 3.8) is 0 Å². The van der Waals surface area contributed by atoms with E-state index in [-0.39, 0.29) is 12.2 Å². The van der Waals surface area contributed by atoms with Crippen molar-refractivity contribution in [3.8, 4) is 11.1 Å². The van der Waals surface area contributed by atoms with Crippen molar-refractivity contribution in [2.24, 2.45) is 11.8 Å². The topological polar surface area (TPSA) is 102 Å². The minimum absolute atomic E-state index is 0.193. The van der Waals surface area contributed by atoms with E-state index in [4.69, 9.17) is 9.47 Å². The number of carboxylic acids is 1. The molecule has 0 unspecified atom stereocenters. The Bertz CT molecular complexity index is 1250. The first kappa shape index (κ1) is 21.6. The molecule has 1 amide bonds. The summed E-state index contributed by atoms with van der Waals surface area (Å²) >= 11 is 1.23. The van der Waals surface area contributed by atoms with Gasteiger partial charge < -0.3 is 19.9 Å². The lowest BCUT2D eigenvalue weighted by Gasteiger charge is -2.23. The van der Waals surface area contributed by atoms with Gasteiger partial charge in [0.25, 0.3) is 0 Å². The van der Waals surface area contributed by atoms with Crippen molar-refractivity contribution in [1.82, 2.24) is 0 Å². The summed E-state index contributed by atoms with van der Waals surface area (Å²) in [5, 5.41) is 16.7. The first-order chi connectivity index (χ1) is 16.0. The number of aliphatic carboxylic acids is 1. The average Bonchev–Trinajstić information content (AvgIpc) is 3.53. The number of thiophene rings is 1. The van der Waals surface area contributed by atoms with Gasteiger partial charge in [0.15, 0.2) is 0 Å². The molecule has 4 atom stereocenters. The summed E-state index contributed by atoms with van der Waals surface area (Å²) in [6.07, 6.45) is 0.439. The Labute approximate surface area is 194 Å². The molecular weight excluding hydrogens is 442 g/mol. The Morgan fingerprint density at radius 3 is 2.55 bits per heavy atom. The van der Waals surface area contributed by atoms with Crippen LogP contribution in [0.3, 0.4) is 0 Å². The van der Waals surface area contributed by atoms with Gasteiger partial charge in [-0.2, -0.15) is 0 Å². The predicted octanol–water partition coefficient (Wildman–Crippen LogP) is 4.56. The monoisotopic (exact) mass is 465 g/mol. The third kappa shape index (κ3) is 3.69. The number of rotatable bonds is 6. The minimum Gasteiger partial charge on any atom is -0.481 e. The number of carbonyl (C=O) groups is 3. The van der Waals surface area contributed by atoms with E-state index in [2.05, 4.69) is 5.32 Å². The molecule has 170 valence electrons. The molecule has 8 heteroatoms. The van der Waals surface area contributed by atoms with Crippen molar-refractivity contribution in [1.29, 1.82) is 0 Å². The summed E-state index contributed by atoms with van der Waals surface area (Å²) in [6, 6.07) is 13.7. The summed E-state index contributed by atoms with van der Waals surface area (Å²) in [7, 11) is 0. The van der Waals surface area contributed by atoms with Crippen LogP contribution in [0.5, 0.6) is 0 Å². The minimum atomic E-state index is -1.03. The zero-order valence-electron chi connectivity index (χ0n) is 17.9. The predicted molar refractivity (Wildman–Crippen MR) is 124 cm³/mol. The molecule has 0 saturated carbocycles. The highest BCUT2D eigenvalue weighted by Gasteiger charge is 2.55. The van der Waals surface area contributed by atoms with E-state index in [1.54, 1.807) is 6.92 Å². The second kappa shape index (κ2) is 8.61. The van der Waals surface area contributed by atoms with Gasteiger partial charge in [0.05, 0.1) is 30.7 Å². The molecule has 1 aromatic heterocycles. The second-order valence-corrected chi connectivity index (χ2v) is 9.15. The number of amides is 1. The van der Waals surface area contributed by atoms with Gasteiger partial charge in [0, 0.05) is 10.9 Å². The molecule has 2 bridgehead atoms. The van der Waals surface area contributed by atoms with Crippen molar-refractivity contribution in [2.45, 2.75) is 32.0 Å². The molecule has 2 saturated heterocycles. The number of carbonyl (C=O) groups excluding carboxylic acids is 2. The number of ether oxygens (including phenoxy) is 2. The summed E-state index contributed by atoms with van der Waals surface area (Å²) in [5.74, 6) is -3.68. The fraction of sp³-hybridized carbons (Fsp3) is 0.320. The maximum Gasteiger partial charge on any atom is 0.341 e. The lowest BCUT2D eigenvalue weighted by molar-refractivity contribution is -0.147. The number of carboxylic acid groups (broad SMARTS) is 1. The normalized spacial score (nSPS) is 23.5. The van der Waals surface area contributed by atoms with Crippen LogP contribution in [-0.4, -0.2) is 41.8 Å². The highest BCUT2D eigenvalue weighted by atomic mass is 32.1. The van der Waals surface area contributed by atoms with Crippen LogP contribution in [0.4, 0.5) is 5.00 Å². The molecular formula is C25H23NO6S. The van der Waals surface area contributed by atoms with Crippen LogP contribution in [0, 0.1) is 11.8 Å². The Balaban J connectivity index is 1.53. The maximum absolute atomic E-state index is 13.2. The van der Waals surface area contributed by atoms with Crippen LogP contribution in [0.25, 0.3) is 21.9 Å². The Hall–Kier alpha value is -3.23. The van der Waals surface area contributed by atoms with E-state index in [1.807, 2.05) is 47.8 Å². The fourth-order valence-electron chi connectivity index (χ4n) is 5.03. The zero-order valence-corrected chi connectivity index (χ0v) is 18.8. The van der Waals surface area contributed by atoms with Crippen LogP contribution in [-0.2, 0) is 19.1 Å². The van der Waals surface area contributed by atoms with Crippen molar-refractivity contribution in [3.05, 3.63) is 53.4 Å². The van der Waals surface area contributed by atoms with E-state index in [0.717, 1.165) is 16.3 Å². The number of benzene rings is 2. The quantitative estimate of drug-likeness (QED) is 0.518. The van der Waals surface area contributed by atoms with Gasteiger partial charge >= 0.3 is 11.9 Å². The van der Waals surface area contributed by atoms with E-state index < -0.39 is 41.9 Å². The second-order valence-electron chi connectivity index (χ2n) is 8.27. The molecule has 2 aromatic carbocycles. The van der Waals surface area contributed by atoms with Gasteiger partial charge in [-0.1, -0.05) is 42.5 Å². The number of anilines is 1. The first-order valence-corrected chi connectivity index (χ1v) is 11.8. The number of esters is 1. The van der Waals surface area contributed by atoms with Gasteiger partial charge in [-0.05, 0) is 36.1 Å². The smallest absolute Gasteiger partial charge is 0.341 e. The van der Waals surface area contributed by atoms with Crippen LogP contribution >= 0.6 is 11.3 Å². The highest BCUT2D eigenvalue weighted by molar-refractivity contribution is 7.15. The largest absolute Gasteiger partial charge is 0.481 e. The Kier molecular flexibility index (Phi) is 5.64. The third-order valence-corrected chi connectivity index (χ3v) is 7.34. The standard InChI is InChI=1S/C25H23NO6S/c1-2-31-25(30)19-16(15-9-5-7-13-6-3-4-8-14(13)15)12-33-23(19)26-22(27)20-17-10-11-18(32-17)21(20)24(28)29/h3-9,12,17-18,20-21H,2,10-11H2,1H3,(H,26,27)(H,28,29)/t17-,18+,20-,21+/m1/s1. The van der Waals surface area contributed by atoms with Gasteiger partial charge in [-0.3, -0.25) is 9.59 Å². The molecule has 0 radical (unpaired) electrons. The lowest BCUT2D eigenvalue weighted by atomic mass is 9.78. The molecule has 3 aromatic rings. The van der Waals surface area contributed by atoms with Gasteiger partial charge in [0.2, 0.25) is 5.91 Å². The molecule has 2 aliphatic heterocycles. The van der Waals surface area contributed by atoms with Crippen molar-refractivity contribution >= 4 is 45.0 Å². The van der Waals surface area contributed by atoms with E-state index in [0.29, 0.717) is 23.4 Å².